The van der Waals surface area contributed by atoms with Crippen LogP contribution in [0.2, 0.25) is 0 Å². The standard InChI is InChI=1S/C14H25NOS2/c1-10(2)7-17-8-11(16)6-13-15-12(9-18-13)14(3,4)5/h9-11,16H,6-8H2,1-5H3. The number of aliphatic hydroxyl groups is 1. The van der Waals surface area contributed by atoms with E-state index >= 15 is 0 Å². The van der Waals surface area contributed by atoms with Gasteiger partial charge in [0, 0.05) is 23.0 Å². The summed E-state index contributed by atoms with van der Waals surface area (Å²) < 4.78 is 0. The van der Waals surface area contributed by atoms with Crippen LogP contribution in [-0.4, -0.2) is 27.7 Å². The molecule has 1 N–H and O–H groups in total. The highest BCUT2D eigenvalue weighted by molar-refractivity contribution is 7.99. The second kappa shape index (κ2) is 6.92. The molecule has 104 valence electrons. The van der Waals surface area contributed by atoms with Crippen molar-refractivity contribution in [1.82, 2.24) is 4.98 Å². The van der Waals surface area contributed by atoms with Gasteiger partial charge in [-0.15, -0.1) is 11.3 Å². The first-order chi connectivity index (χ1) is 8.29. The van der Waals surface area contributed by atoms with Gasteiger partial charge in [0.25, 0.3) is 0 Å². The van der Waals surface area contributed by atoms with Gasteiger partial charge in [-0.3, -0.25) is 0 Å². The lowest BCUT2D eigenvalue weighted by molar-refractivity contribution is 0.200. The molecule has 0 fully saturated rings. The minimum atomic E-state index is -0.271. The van der Waals surface area contributed by atoms with Crippen LogP contribution in [0, 0.1) is 5.92 Å². The quantitative estimate of drug-likeness (QED) is 0.865. The summed E-state index contributed by atoms with van der Waals surface area (Å²) in [4.78, 5) is 4.61. The van der Waals surface area contributed by atoms with E-state index in [1.165, 1.54) is 0 Å². The molecule has 0 amide bonds. The third kappa shape index (κ3) is 5.72. The van der Waals surface area contributed by atoms with Crippen LogP contribution < -0.4 is 0 Å². The highest BCUT2D eigenvalue weighted by Crippen LogP contribution is 2.24. The lowest BCUT2D eigenvalue weighted by atomic mass is 9.93. The molecule has 1 heterocycles. The molecule has 2 nitrogen and oxygen atoms in total. The Morgan fingerprint density at radius 1 is 1.33 bits per heavy atom. The van der Waals surface area contributed by atoms with Crippen molar-refractivity contribution in [2.75, 3.05) is 11.5 Å². The minimum Gasteiger partial charge on any atom is -0.392 e. The van der Waals surface area contributed by atoms with Crippen molar-refractivity contribution in [3.63, 3.8) is 0 Å². The van der Waals surface area contributed by atoms with Gasteiger partial charge >= 0.3 is 0 Å². The van der Waals surface area contributed by atoms with Gasteiger partial charge in [0.05, 0.1) is 16.8 Å². The predicted octanol–water partition coefficient (Wildman–Crippen LogP) is 3.73. The Hall–Kier alpha value is -0.0600. The van der Waals surface area contributed by atoms with Crippen LogP contribution >= 0.6 is 23.1 Å². The number of hydrogen-bond donors (Lipinski definition) is 1. The number of nitrogens with zero attached hydrogens (tertiary/aromatic N) is 1. The van der Waals surface area contributed by atoms with Crippen LogP contribution in [-0.2, 0) is 11.8 Å². The van der Waals surface area contributed by atoms with E-state index in [1.54, 1.807) is 11.3 Å². The summed E-state index contributed by atoms with van der Waals surface area (Å²) in [7, 11) is 0. The summed E-state index contributed by atoms with van der Waals surface area (Å²) in [6, 6.07) is 0. The van der Waals surface area contributed by atoms with E-state index in [2.05, 4.69) is 45.0 Å². The Morgan fingerprint density at radius 3 is 2.50 bits per heavy atom. The van der Waals surface area contributed by atoms with Gasteiger partial charge in [-0.25, -0.2) is 4.98 Å². The fourth-order valence-corrected chi connectivity index (χ4v) is 3.54. The number of thioether (sulfide) groups is 1. The van der Waals surface area contributed by atoms with Crippen molar-refractivity contribution >= 4 is 23.1 Å². The first kappa shape index (κ1) is 16.0. The topological polar surface area (TPSA) is 33.1 Å². The van der Waals surface area contributed by atoms with Gasteiger partial charge in [0.1, 0.15) is 0 Å². The minimum absolute atomic E-state index is 0.103. The third-order valence-corrected chi connectivity index (χ3v) is 4.89. The number of thiazole rings is 1. The first-order valence-corrected chi connectivity index (χ1v) is 8.53. The van der Waals surface area contributed by atoms with Crippen LogP contribution in [0.1, 0.15) is 45.3 Å². The summed E-state index contributed by atoms with van der Waals surface area (Å²) in [6.45, 7) is 10.9. The second-order valence-corrected chi connectivity index (χ2v) is 8.18. The van der Waals surface area contributed by atoms with Crippen LogP contribution in [0.25, 0.3) is 0 Å². The fourth-order valence-electron chi connectivity index (χ4n) is 1.45. The van der Waals surface area contributed by atoms with Crippen LogP contribution in [0.15, 0.2) is 5.38 Å². The largest absolute Gasteiger partial charge is 0.392 e. The molecule has 0 saturated carbocycles. The van der Waals surface area contributed by atoms with Crippen LogP contribution in [0.5, 0.6) is 0 Å². The van der Waals surface area contributed by atoms with Gasteiger partial charge < -0.3 is 5.11 Å². The van der Waals surface area contributed by atoms with Gasteiger partial charge in [-0.1, -0.05) is 34.6 Å². The molecule has 0 aromatic carbocycles. The van der Waals surface area contributed by atoms with E-state index < -0.39 is 0 Å². The number of hydrogen-bond acceptors (Lipinski definition) is 4. The maximum Gasteiger partial charge on any atom is 0.0954 e. The Morgan fingerprint density at radius 2 is 2.00 bits per heavy atom. The van der Waals surface area contributed by atoms with Crippen molar-refractivity contribution in [1.29, 1.82) is 0 Å². The monoisotopic (exact) mass is 287 g/mol. The lowest BCUT2D eigenvalue weighted by Crippen LogP contribution is -2.15. The molecular formula is C14H25NOS2. The zero-order chi connectivity index (χ0) is 13.8. The Bertz CT molecular complexity index is 355. The van der Waals surface area contributed by atoms with Gasteiger partial charge in [0.15, 0.2) is 0 Å². The molecule has 1 rings (SSSR count). The zero-order valence-electron chi connectivity index (χ0n) is 12.1. The molecule has 0 bridgehead atoms. The highest BCUT2D eigenvalue weighted by Gasteiger charge is 2.18. The summed E-state index contributed by atoms with van der Waals surface area (Å²) in [5.41, 5.74) is 1.23. The van der Waals surface area contributed by atoms with Crippen molar-refractivity contribution in [3.8, 4) is 0 Å². The molecule has 0 spiro atoms. The molecule has 1 aromatic heterocycles. The maximum absolute atomic E-state index is 9.97. The average molecular weight is 287 g/mol. The predicted molar refractivity (Wildman–Crippen MR) is 82.7 cm³/mol. The van der Waals surface area contributed by atoms with Gasteiger partial charge in [-0.05, 0) is 11.7 Å². The third-order valence-electron chi connectivity index (χ3n) is 2.49. The highest BCUT2D eigenvalue weighted by atomic mass is 32.2. The lowest BCUT2D eigenvalue weighted by Gasteiger charge is -2.14. The summed E-state index contributed by atoms with van der Waals surface area (Å²) >= 11 is 3.49. The van der Waals surface area contributed by atoms with E-state index in [0.717, 1.165) is 22.2 Å². The number of rotatable bonds is 6. The van der Waals surface area contributed by atoms with Crippen LogP contribution in [0.3, 0.4) is 0 Å². The molecule has 0 aliphatic rings. The molecule has 1 aromatic rings. The summed E-state index contributed by atoms with van der Waals surface area (Å²) in [5.74, 6) is 2.61. The van der Waals surface area contributed by atoms with Crippen LogP contribution in [0.4, 0.5) is 0 Å². The second-order valence-electron chi connectivity index (χ2n) is 6.17. The van der Waals surface area contributed by atoms with Crippen molar-refractivity contribution in [2.45, 2.75) is 52.6 Å². The van der Waals surface area contributed by atoms with Crippen molar-refractivity contribution in [2.24, 2.45) is 5.92 Å². The molecule has 0 aliphatic carbocycles. The SMILES string of the molecule is CC(C)CSCC(O)Cc1nc(C(C)(C)C)cs1. The molecule has 18 heavy (non-hydrogen) atoms. The summed E-state index contributed by atoms with van der Waals surface area (Å²) in [6.07, 6.45) is 0.416. The Balaban J connectivity index is 2.40. The van der Waals surface area contributed by atoms with E-state index in [9.17, 15) is 5.11 Å². The molecule has 0 radical (unpaired) electrons. The van der Waals surface area contributed by atoms with E-state index in [4.69, 9.17) is 0 Å². The first-order valence-electron chi connectivity index (χ1n) is 6.49. The number of aromatic nitrogens is 1. The normalized spacial score (nSPS) is 14.2. The molecule has 1 atom stereocenters. The Kier molecular flexibility index (Phi) is 6.15. The van der Waals surface area contributed by atoms with Gasteiger partial charge in [0.2, 0.25) is 0 Å². The average Bonchev–Trinajstić information content (AvgIpc) is 2.64. The maximum atomic E-state index is 9.97. The molecule has 0 aliphatic heterocycles. The molecule has 1 unspecified atom stereocenters. The smallest absolute Gasteiger partial charge is 0.0954 e. The van der Waals surface area contributed by atoms with E-state index in [1.807, 2.05) is 11.8 Å². The molecule has 4 heteroatoms. The Labute approximate surface area is 119 Å². The van der Waals surface area contributed by atoms with Crippen molar-refractivity contribution in [3.05, 3.63) is 16.1 Å². The molecule has 0 saturated heterocycles. The summed E-state index contributed by atoms with van der Waals surface area (Å²) in [5, 5.41) is 13.1. The molecular weight excluding hydrogens is 262 g/mol. The zero-order valence-corrected chi connectivity index (χ0v) is 13.7. The van der Waals surface area contributed by atoms with E-state index in [0.29, 0.717) is 12.3 Å². The van der Waals surface area contributed by atoms with Crippen molar-refractivity contribution < 1.29 is 5.11 Å². The fraction of sp³-hybridized carbons (Fsp3) is 0.786. The van der Waals surface area contributed by atoms with Gasteiger partial charge in [-0.2, -0.15) is 11.8 Å². The van der Waals surface area contributed by atoms with E-state index in [-0.39, 0.29) is 11.5 Å². The number of aliphatic hydroxyl groups excluding tert-OH is 1.